The zero-order valence-corrected chi connectivity index (χ0v) is 14.1. The zero-order chi connectivity index (χ0) is 13.6. The lowest BCUT2D eigenvalue weighted by Crippen LogP contribution is -2.39. The van der Waals surface area contributed by atoms with Crippen LogP contribution in [-0.4, -0.2) is 15.6 Å². The Bertz CT molecular complexity index is 307. The third kappa shape index (κ3) is 3.08. The Balaban J connectivity index is 1.93. The molecule has 0 aliphatic heterocycles. The van der Waals surface area contributed by atoms with Crippen LogP contribution in [0.15, 0.2) is 12.2 Å². The Labute approximate surface area is 115 Å². The van der Waals surface area contributed by atoms with Gasteiger partial charge < -0.3 is 4.43 Å². The van der Waals surface area contributed by atoms with Gasteiger partial charge in [0.05, 0.1) is 0 Å². The highest BCUT2D eigenvalue weighted by Crippen LogP contribution is 2.46. The molecule has 2 bridgehead atoms. The summed E-state index contributed by atoms with van der Waals surface area (Å²) in [6.45, 7) is 15.2. The molecule has 0 aromatic heterocycles. The monoisotopic (exact) mass is 266 g/mol. The Morgan fingerprint density at radius 1 is 1.00 bits per heavy atom. The van der Waals surface area contributed by atoms with Crippen LogP contribution in [0, 0.1) is 17.8 Å². The van der Waals surface area contributed by atoms with Crippen LogP contribution in [0.1, 0.15) is 54.4 Å². The van der Waals surface area contributed by atoms with Crippen LogP contribution in [0.5, 0.6) is 0 Å². The molecule has 0 heterocycles. The Morgan fingerprint density at radius 2 is 1.61 bits per heavy atom. The van der Waals surface area contributed by atoms with Gasteiger partial charge in [-0.2, -0.15) is 0 Å². The SMILES string of the molecule is CC(C)(C)[SiH](OCC1CC2C=CC1C2)C(C)(C)C. The van der Waals surface area contributed by atoms with E-state index >= 15 is 0 Å². The molecule has 104 valence electrons. The van der Waals surface area contributed by atoms with Crippen LogP contribution in [0.25, 0.3) is 0 Å². The smallest absolute Gasteiger partial charge is 0.187 e. The summed E-state index contributed by atoms with van der Waals surface area (Å²) in [5, 5.41) is 0.706. The van der Waals surface area contributed by atoms with E-state index in [4.69, 9.17) is 4.43 Å². The summed E-state index contributed by atoms with van der Waals surface area (Å²) < 4.78 is 6.51. The van der Waals surface area contributed by atoms with Crippen LogP contribution in [-0.2, 0) is 4.43 Å². The largest absolute Gasteiger partial charge is 0.419 e. The first-order valence-electron chi connectivity index (χ1n) is 7.48. The van der Waals surface area contributed by atoms with Crippen molar-refractivity contribution in [2.75, 3.05) is 6.61 Å². The Hall–Kier alpha value is -0.0831. The number of hydrogen-bond acceptors (Lipinski definition) is 1. The molecule has 0 N–H and O–H groups in total. The second-order valence-corrected chi connectivity index (χ2v) is 13.0. The van der Waals surface area contributed by atoms with E-state index in [-0.39, 0.29) is 0 Å². The molecular weight excluding hydrogens is 236 g/mol. The predicted molar refractivity (Wildman–Crippen MR) is 81.4 cm³/mol. The zero-order valence-electron chi connectivity index (χ0n) is 13.0. The molecule has 0 amide bonds. The first-order valence-corrected chi connectivity index (χ1v) is 9.10. The van der Waals surface area contributed by atoms with Gasteiger partial charge >= 0.3 is 0 Å². The number of rotatable bonds is 3. The van der Waals surface area contributed by atoms with Gasteiger partial charge in [0.15, 0.2) is 9.04 Å². The fraction of sp³-hybridized carbons (Fsp3) is 0.875. The standard InChI is InChI=1S/C16H30OSi/c1-15(2,3)18(16(4,5)6)17-11-14-10-12-7-8-13(14)9-12/h7-8,12-14,18H,9-11H2,1-6H3. The second kappa shape index (κ2) is 4.79. The maximum absolute atomic E-state index is 6.51. The number of hydrogen-bond donors (Lipinski definition) is 0. The fourth-order valence-electron chi connectivity index (χ4n) is 4.11. The molecule has 0 aromatic carbocycles. The average molecular weight is 267 g/mol. The maximum Gasteiger partial charge on any atom is 0.187 e. The van der Waals surface area contributed by atoms with Gasteiger partial charge in [-0.1, -0.05) is 53.7 Å². The van der Waals surface area contributed by atoms with E-state index in [1.54, 1.807) is 0 Å². The summed E-state index contributed by atoms with van der Waals surface area (Å²) in [4.78, 5) is 0. The lowest BCUT2D eigenvalue weighted by Gasteiger charge is -2.39. The Morgan fingerprint density at radius 3 is 2.00 bits per heavy atom. The minimum absolute atomic E-state index is 0.353. The summed E-state index contributed by atoms with van der Waals surface area (Å²) in [7, 11) is -1.21. The van der Waals surface area contributed by atoms with Gasteiger partial charge in [0.25, 0.3) is 0 Å². The van der Waals surface area contributed by atoms with Crippen LogP contribution in [0.4, 0.5) is 0 Å². The summed E-state index contributed by atoms with van der Waals surface area (Å²) in [6, 6.07) is 0. The lowest BCUT2D eigenvalue weighted by molar-refractivity contribution is 0.208. The molecule has 1 saturated carbocycles. The van der Waals surface area contributed by atoms with Gasteiger partial charge in [-0.15, -0.1) is 0 Å². The quantitative estimate of drug-likeness (QED) is 0.538. The van der Waals surface area contributed by atoms with E-state index in [9.17, 15) is 0 Å². The first kappa shape index (κ1) is 14.3. The van der Waals surface area contributed by atoms with E-state index in [1.165, 1.54) is 12.8 Å². The molecule has 2 heteroatoms. The third-order valence-electron chi connectivity index (χ3n) is 4.47. The molecule has 0 spiro atoms. The molecule has 1 fully saturated rings. The molecule has 18 heavy (non-hydrogen) atoms. The van der Waals surface area contributed by atoms with Crippen molar-refractivity contribution in [2.45, 2.75) is 64.5 Å². The predicted octanol–water partition coefficient (Wildman–Crippen LogP) is 4.54. The molecule has 2 rings (SSSR count). The maximum atomic E-state index is 6.51. The van der Waals surface area contributed by atoms with Crippen LogP contribution >= 0.6 is 0 Å². The van der Waals surface area contributed by atoms with Gasteiger partial charge in [-0.25, -0.2) is 0 Å². The summed E-state index contributed by atoms with van der Waals surface area (Å²) in [5.41, 5.74) is 0. The van der Waals surface area contributed by atoms with Gasteiger partial charge in [0.2, 0.25) is 0 Å². The highest BCUT2D eigenvalue weighted by molar-refractivity contribution is 6.58. The average Bonchev–Trinajstić information content (AvgIpc) is 2.74. The van der Waals surface area contributed by atoms with Crippen molar-refractivity contribution in [3.05, 3.63) is 12.2 Å². The van der Waals surface area contributed by atoms with Gasteiger partial charge in [-0.05, 0) is 40.7 Å². The lowest BCUT2D eigenvalue weighted by atomic mass is 9.95. The molecule has 0 aromatic rings. The molecule has 2 aliphatic carbocycles. The molecule has 1 nitrogen and oxygen atoms in total. The molecule has 0 radical (unpaired) electrons. The minimum atomic E-state index is -1.21. The second-order valence-electron chi connectivity index (χ2n) is 8.49. The molecule has 0 saturated heterocycles. The van der Waals surface area contributed by atoms with E-state index in [0.717, 1.165) is 24.4 Å². The molecular formula is C16H30OSi. The van der Waals surface area contributed by atoms with E-state index in [1.807, 2.05) is 0 Å². The first-order chi connectivity index (χ1) is 8.18. The molecule has 3 unspecified atom stereocenters. The highest BCUT2D eigenvalue weighted by atomic mass is 28.3. The number of fused-ring (bicyclic) bond motifs is 2. The van der Waals surface area contributed by atoms with Crippen molar-refractivity contribution in [2.24, 2.45) is 17.8 Å². The van der Waals surface area contributed by atoms with Crippen LogP contribution in [0.2, 0.25) is 10.1 Å². The van der Waals surface area contributed by atoms with Crippen molar-refractivity contribution in [3.8, 4) is 0 Å². The van der Waals surface area contributed by atoms with Crippen molar-refractivity contribution in [1.82, 2.24) is 0 Å². The van der Waals surface area contributed by atoms with Crippen LogP contribution in [0.3, 0.4) is 0 Å². The van der Waals surface area contributed by atoms with Crippen LogP contribution < -0.4 is 0 Å². The topological polar surface area (TPSA) is 9.23 Å². The third-order valence-corrected chi connectivity index (χ3v) is 8.14. The van der Waals surface area contributed by atoms with E-state index in [0.29, 0.717) is 10.1 Å². The molecule has 3 atom stereocenters. The van der Waals surface area contributed by atoms with Gasteiger partial charge in [0.1, 0.15) is 0 Å². The van der Waals surface area contributed by atoms with Gasteiger partial charge in [0, 0.05) is 6.61 Å². The Kier molecular flexibility index (Phi) is 3.81. The summed E-state index contributed by atoms with van der Waals surface area (Å²) in [6.07, 6.45) is 7.62. The van der Waals surface area contributed by atoms with E-state index < -0.39 is 9.04 Å². The van der Waals surface area contributed by atoms with Crippen molar-refractivity contribution in [3.63, 3.8) is 0 Å². The molecule has 2 aliphatic rings. The van der Waals surface area contributed by atoms with E-state index in [2.05, 4.69) is 53.7 Å². The summed E-state index contributed by atoms with van der Waals surface area (Å²) in [5.74, 6) is 2.50. The summed E-state index contributed by atoms with van der Waals surface area (Å²) >= 11 is 0. The number of allylic oxidation sites excluding steroid dienone is 2. The van der Waals surface area contributed by atoms with Crippen molar-refractivity contribution in [1.29, 1.82) is 0 Å². The van der Waals surface area contributed by atoms with Crippen molar-refractivity contribution < 1.29 is 4.43 Å². The van der Waals surface area contributed by atoms with Crippen molar-refractivity contribution >= 4 is 9.04 Å². The normalized spacial score (nSPS) is 31.6. The highest BCUT2D eigenvalue weighted by Gasteiger charge is 2.41. The fourth-order valence-corrected chi connectivity index (χ4v) is 8.14. The van der Waals surface area contributed by atoms with Gasteiger partial charge in [-0.3, -0.25) is 0 Å². The minimum Gasteiger partial charge on any atom is -0.419 e.